The first-order valence-corrected chi connectivity index (χ1v) is 23.2. The Kier molecular flexibility index (Phi) is 17.2. The average Bonchev–Trinajstić information content (AvgIpc) is 3.30. The molecule has 0 radical (unpaired) electrons. The van der Waals surface area contributed by atoms with E-state index in [1.54, 1.807) is 0 Å². The Bertz CT molecular complexity index is 1860. The summed E-state index contributed by atoms with van der Waals surface area (Å²) in [7, 11) is -1.34. The molecular formula is C54H46IP3. The molecule has 0 spiro atoms. The molecule has 58 heavy (non-hydrogen) atoms. The molecule has 4 heteroatoms. The third-order valence-corrected chi connectivity index (χ3v) is 16.5. The summed E-state index contributed by atoms with van der Waals surface area (Å²) < 4.78 is 0. The highest BCUT2D eigenvalue weighted by Gasteiger charge is 2.17. The highest BCUT2D eigenvalue weighted by atomic mass is 127. The van der Waals surface area contributed by atoms with Crippen LogP contribution in [0.3, 0.4) is 0 Å². The van der Waals surface area contributed by atoms with Crippen molar-refractivity contribution in [3.8, 4) is 0 Å². The molecule has 0 bridgehead atoms. The van der Waals surface area contributed by atoms with Crippen molar-refractivity contribution in [2.24, 2.45) is 0 Å². The smallest absolute Gasteiger partial charge is 0.0134 e. The Labute approximate surface area is 366 Å². The Balaban J connectivity index is 0.000000145. The second kappa shape index (κ2) is 23.4. The van der Waals surface area contributed by atoms with Gasteiger partial charge in [-0.3, -0.25) is 0 Å². The predicted molar refractivity (Wildman–Crippen MR) is 271 cm³/mol. The lowest BCUT2D eigenvalue weighted by atomic mass is 10.4. The summed E-state index contributed by atoms with van der Waals surface area (Å²) in [5.41, 5.74) is 0. The van der Waals surface area contributed by atoms with E-state index in [1.165, 1.54) is 47.7 Å². The van der Waals surface area contributed by atoms with E-state index < -0.39 is 23.8 Å². The van der Waals surface area contributed by atoms with Crippen LogP contribution in [0, 0.1) is 0 Å². The molecule has 0 aliphatic heterocycles. The third kappa shape index (κ3) is 12.0. The normalized spacial score (nSPS) is 10.4. The van der Waals surface area contributed by atoms with Crippen molar-refractivity contribution in [3.63, 3.8) is 0 Å². The number of rotatable bonds is 9. The van der Waals surface area contributed by atoms with Crippen LogP contribution in [-0.2, 0) is 0 Å². The van der Waals surface area contributed by atoms with Crippen molar-refractivity contribution in [2.45, 2.75) is 0 Å². The van der Waals surface area contributed by atoms with E-state index in [1.807, 2.05) is 0 Å². The molecule has 0 nitrogen and oxygen atoms in total. The van der Waals surface area contributed by atoms with Crippen LogP contribution in [-0.4, -0.2) is 0 Å². The van der Waals surface area contributed by atoms with Crippen LogP contribution < -0.4 is 47.7 Å². The summed E-state index contributed by atoms with van der Waals surface area (Å²) in [6, 6.07) is 97.0. The van der Waals surface area contributed by atoms with Gasteiger partial charge in [-0.15, -0.1) is 24.0 Å². The van der Waals surface area contributed by atoms with Gasteiger partial charge in [-0.2, -0.15) is 0 Å². The quantitative estimate of drug-likeness (QED) is 0.1000. The molecule has 0 heterocycles. The molecule has 0 amide bonds. The lowest BCUT2D eigenvalue weighted by Gasteiger charge is -2.18. The summed E-state index contributed by atoms with van der Waals surface area (Å²) in [5.74, 6) is 0. The summed E-state index contributed by atoms with van der Waals surface area (Å²) in [6.07, 6.45) is 0. The molecule has 0 unspecified atom stereocenters. The van der Waals surface area contributed by atoms with E-state index in [9.17, 15) is 0 Å². The Morgan fingerprint density at radius 3 is 0.310 bits per heavy atom. The monoisotopic (exact) mass is 914 g/mol. The van der Waals surface area contributed by atoms with E-state index in [0.717, 1.165) is 0 Å². The molecule has 0 fully saturated rings. The van der Waals surface area contributed by atoms with Gasteiger partial charge < -0.3 is 0 Å². The molecule has 9 rings (SSSR count). The Morgan fingerprint density at radius 2 is 0.224 bits per heavy atom. The zero-order chi connectivity index (χ0) is 38.7. The van der Waals surface area contributed by atoms with Crippen LogP contribution in [0.15, 0.2) is 273 Å². The van der Waals surface area contributed by atoms with Crippen LogP contribution in [0.1, 0.15) is 0 Å². The molecule has 0 saturated carbocycles. The molecule has 0 N–H and O–H groups in total. The number of hydrogen-bond acceptors (Lipinski definition) is 0. The van der Waals surface area contributed by atoms with Gasteiger partial charge in [0.1, 0.15) is 0 Å². The van der Waals surface area contributed by atoms with Gasteiger partial charge in [0.15, 0.2) is 0 Å². The topological polar surface area (TPSA) is 0 Å². The molecular weight excluding hydrogens is 868 g/mol. The summed E-state index contributed by atoms with van der Waals surface area (Å²) in [6.45, 7) is 0. The fraction of sp³-hybridized carbons (Fsp3) is 0. The standard InChI is InChI=1S/3C18H15P.HI/c3*1-4-10-16(11-5-1)19(17-12-6-2-7-13-17)18-14-8-3-9-15-18;/h3*1-15H;1H. The molecule has 9 aromatic carbocycles. The van der Waals surface area contributed by atoms with Crippen molar-refractivity contribution >= 4 is 95.5 Å². The van der Waals surface area contributed by atoms with E-state index in [2.05, 4.69) is 273 Å². The molecule has 9 aromatic rings. The van der Waals surface area contributed by atoms with Gasteiger partial charge in [0, 0.05) is 0 Å². The van der Waals surface area contributed by atoms with Gasteiger partial charge in [0.25, 0.3) is 0 Å². The number of hydrogen-bond donors (Lipinski definition) is 0. The van der Waals surface area contributed by atoms with Crippen molar-refractivity contribution in [3.05, 3.63) is 273 Å². The van der Waals surface area contributed by atoms with Gasteiger partial charge in [0.2, 0.25) is 0 Å². The minimum absolute atomic E-state index is 0. The molecule has 0 atom stereocenters. The van der Waals surface area contributed by atoms with Gasteiger partial charge in [0.05, 0.1) is 0 Å². The van der Waals surface area contributed by atoms with Crippen molar-refractivity contribution in [2.75, 3.05) is 0 Å². The molecule has 0 aromatic heterocycles. The van der Waals surface area contributed by atoms with Crippen LogP contribution in [0.2, 0.25) is 0 Å². The zero-order valence-electron chi connectivity index (χ0n) is 32.2. The van der Waals surface area contributed by atoms with Crippen LogP contribution in [0.4, 0.5) is 0 Å². The maximum atomic E-state index is 2.23. The summed E-state index contributed by atoms with van der Waals surface area (Å²) in [4.78, 5) is 0. The van der Waals surface area contributed by atoms with E-state index in [4.69, 9.17) is 0 Å². The molecule has 284 valence electrons. The van der Waals surface area contributed by atoms with E-state index >= 15 is 0 Å². The fourth-order valence-electron chi connectivity index (χ4n) is 6.54. The Morgan fingerprint density at radius 1 is 0.138 bits per heavy atom. The largest absolute Gasteiger partial charge is 0.107 e. The lowest BCUT2D eigenvalue weighted by molar-refractivity contribution is 1.74. The first-order valence-electron chi connectivity index (χ1n) is 19.2. The number of benzene rings is 9. The van der Waals surface area contributed by atoms with Crippen molar-refractivity contribution in [1.82, 2.24) is 0 Å². The van der Waals surface area contributed by atoms with Gasteiger partial charge in [-0.05, 0) is 71.5 Å². The minimum atomic E-state index is -0.446. The summed E-state index contributed by atoms with van der Waals surface area (Å²) in [5, 5.41) is 12.6. The average molecular weight is 915 g/mol. The Hall–Kier alpha value is -5.00. The molecule has 0 aliphatic carbocycles. The third-order valence-electron chi connectivity index (χ3n) is 9.13. The molecule has 0 aliphatic rings. The highest BCUT2D eigenvalue weighted by Crippen LogP contribution is 2.34. The van der Waals surface area contributed by atoms with E-state index in [0.29, 0.717) is 0 Å². The molecule has 0 saturated heterocycles. The second-order valence-corrected chi connectivity index (χ2v) is 19.7. The fourth-order valence-corrected chi connectivity index (χ4v) is 13.5. The van der Waals surface area contributed by atoms with Crippen LogP contribution in [0.5, 0.6) is 0 Å². The highest BCUT2D eigenvalue weighted by molar-refractivity contribution is 14.0. The summed E-state index contributed by atoms with van der Waals surface area (Å²) >= 11 is 0. The van der Waals surface area contributed by atoms with E-state index in [-0.39, 0.29) is 24.0 Å². The first kappa shape index (κ1) is 42.6. The van der Waals surface area contributed by atoms with Crippen LogP contribution >= 0.6 is 47.7 Å². The predicted octanol–water partition coefficient (Wildman–Crippen LogP) is 11.0. The van der Waals surface area contributed by atoms with Gasteiger partial charge in [-0.25, -0.2) is 0 Å². The zero-order valence-corrected chi connectivity index (χ0v) is 37.2. The van der Waals surface area contributed by atoms with Crippen molar-refractivity contribution in [1.29, 1.82) is 0 Å². The lowest BCUT2D eigenvalue weighted by Crippen LogP contribution is -2.20. The SMILES string of the molecule is I.c1ccc(P(c2ccccc2)c2ccccc2)cc1.c1ccc(P(c2ccccc2)c2ccccc2)cc1.c1ccc(P(c2ccccc2)c2ccccc2)cc1. The maximum Gasteiger partial charge on any atom is -0.0134 e. The van der Waals surface area contributed by atoms with Gasteiger partial charge >= 0.3 is 0 Å². The van der Waals surface area contributed by atoms with Crippen LogP contribution in [0.25, 0.3) is 0 Å². The minimum Gasteiger partial charge on any atom is -0.107 e. The van der Waals surface area contributed by atoms with Crippen molar-refractivity contribution < 1.29 is 0 Å². The second-order valence-electron chi connectivity index (χ2n) is 13.0. The van der Waals surface area contributed by atoms with Gasteiger partial charge in [-0.1, -0.05) is 273 Å². The first-order chi connectivity index (χ1) is 28.3. The number of halogens is 1. The maximum absolute atomic E-state index is 2.23.